The zero-order valence-corrected chi connectivity index (χ0v) is 10.5. The lowest BCUT2D eigenvalue weighted by Crippen LogP contribution is -2.35. The van der Waals surface area contributed by atoms with Gasteiger partial charge in [0.2, 0.25) is 0 Å². The molecule has 0 fully saturated rings. The number of nitrogens with one attached hydrogen (secondary N) is 1. The third-order valence-electron chi connectivity index (χ3n) is 2.06. The van der Waals surface area contributed by atoms with Gasteiger partial charge in [0.15, 0.2) is 6.79 Å². The average Bonchev–Trinajstić information content (AvgIpc) is 2.23. The van der Waals surface area contributed by atoms with E-state index in [2.05, 4.69) is 32.2 Å². The van der Waals surface area contributed by atoms with Crippen LogP contribution >= 0.6 is 0 Å². The molecule has 0 aromatic heterocycles. The van der Waals surface area contributed by atoms with E-state index in [4.69, 9.17) is 9.47 Å². The molecule has 3 heteroatoms. The maximum absolute atomic E-state index is 5.38. The standard InChI is InChI=1S/C13H21NO2/c1-13(2,3)14-9-11-6-5-7-12(8-11)16-10-15-4/h5-8,14H,9-10H2,1-4H3. The molecule has 0 aliphatic carbocycles. The molecule has 1 aromatic rings. The first-order chi connectivity index (χ1) is 7.51. The number of benzene rings is 1. The fraction of sp³-hybridized carbons (Fsp3) is 0.538. The first-order valence-electron chi connectivity index (χ1n) is 5.47. The number of hydrogen-bond donors (Lipinski definition) is 1. The topological polar surface area (TPSA) is 30.5 Å². The van der Waals surface area contributed by atoms with E-state index in [0.29, 0.717) is 0 Å². The summed E-state index contributed by atoms with van der Waals surface area (Å²) in [6, 6.07) is 8.03. The number of hydrogen-bond acceptors (Lipinski definition) is 3. The van der Waals surface area contributed by atoms with Crippen LogP contribution in [0.25, 0.3) is 0 Å². The van der Waals surface area contributed by atoms with Gasteiger partial charge in [0.25, 0.3) is 0 Å². The van der Waals surface area contributed by atoms with Crippen molar-refractivity contribution >= 4 is 0 Å². The van der Waals surface area contributed by atoms with Crippen molar-refractivity contribution in [1.29, 1.82) is 0 Å². The van der Waals surface area contributed by atoms with Gasteiger partial charge >= 0.3 is 0 Å². The maximum atomic E-state index is 5.38. The molecule has 0 atom stereocenters. The van der Waals surface area contributed by atoms with Gasteiger partial charge in [0.05, 0.1) is 0 Å². The van der Waals surface area contributed by atoms with E-state index in [9.17, 15) is 0 Å². The van der Waals surface area contributed by atoms with Crippen LogP contribution in [0.3, 0.4) is 0 Å². The molecule has 0 aliphatic rings. The Kier molecular flexibility index (Phi) is 4.77. The monoisotopic (exact) mass is 223 g/mol. The summed E-state index contributed by atoms with van der Waals surface area (Å²) in [4.78, 5) is 0. The Hall–Kier alpha value is -1.06. The van der Waals surface area contributed by atoms with Gasteiger partial charge in [-0.25, -0.2) is 0 Å². The lowest BCUT2D eigenvalue weighted by molar-refractivity contribution is 0.0510. The van der Waals surface area contributed by atoms with E-state index in [1.807, 2.05) is 18.2 Å². The average molecular weight is 223 g/mol. The highest BCUT2D eigenvalue weighted by atomic mass is 16.7. The smallest absolute Gasteiger partial charge is 0.188 e. The molecule has 0 saturated heterocycles. The van der Waals surface area contributed by atoms with Gasteiger partial charge in [-0.05, 0) is 38.5 Å². The van der Waals surface area contributed by atoms with E-state index in [1.54, 1.807) is 7.11 Å². The van der Waals surface area contributed by atoms with Crippen molar-refractivity contribution in [3.8, 4) is 5.75 Å². The normalized spacial score (nSPS) is 11.5. The summed E-state index contributed by atoms with van der Waals surface area (Å²) in [6.07, 6.45) is 0. The molecule has 16 heavy (non-hydrogen) atoms. The second kappa shape index (κ2) is 5.87. The third-order valence-corrected chi connectivity index (χ3v) is 2.06. The molecule has 1 aromatic carbocycles. The Bertz CT molecular complexity index is 318. The first-order valence-corrected chi connectivity index (χ1v) is 5.47. The molecule has 0 spiro atoms. The van der Waals surface area contributed by atoms with Crippen LogP contribution in [-0.4, -0.2) is 19.4 Å². The Morgan fingerprint density at radius 1 is 1.25 bits per heavy atom. The Morgan fingerprint density at radius 2 is 2.00 bits per heavy atom. The largest absolute Gasteiger partial charge is 0.468 e. The SMILES string of the molecule is COCOc1cccc(CNC(C)(C)C)c1. The van der Waals surface area contributed by atoms with Crippen LogP contribution in [0.4, 0.5) is 0 Å². The minimum atomic E-state index is 0.128. The van der Waals surface area contributed by atoms with Gasteiger partial charge in [-0.3, -0.25) is 0 Å². The van der Waals surface area contributed by atoms with Gasteiger partial charge in [0, 0.05) is 19.2 Å². The van der Waals surface area contributed by atoms with Crippen LogP contribution in [-0.2, 0) is 11.3 Å². The van der Waals surface area contributed by atoms with E-state index >= 15 is 0 Å². The summed E-state index contributed by atoms with van der Waals surface area (Å²) in [7, 11) is 1.62. The molecule has 0 aliphatic heterocycles. The number of rotatable bonds is 5. The van der Waals surface area contributed by atoms with E-state index in [1.165, 1.54) is 5.56 Å². The molecule has 0 bridgehead atoms. The van der Waals surface area contributed by atoms with Crippen LogP contribution in [0.15, 0.2) is 24.3 Å². The van der Waals surface area contributed by atoms with Crippen LogP contribution in [0.5, 0.6) is 5.75 Å². The lowest BCUT2D eigenvalue weighted by atomic mass is 10.1. The molecule has 3 nitrogen and oxygen atoms in total. The van der Waals surface area contributed by atoms with Crippen molar-refractivity contribution in [2.45, 2.75) is 32.9 Å². The number of methoxy groups -OCH3 is 1. The van der Waals surface area contributed by atoms with Crippen LogP contribution in [0, 0.1) is 0 Å². The zero-order valence-electron chi connectivity index (χ0n) is 10.5. The fourth-order valence-corrected chi connectivity index (χ4v) is 1.24. The molecule has 90 valence electrons. The molecule has 0 heterocycles. The number of ether oxygens (including phenoxy) is 2. The van der Waals surface area contributed by atoms with Crippen molar-refractivity contribution in [2.24, 2.45) is 0 Å². The molecular formula is C13H21NO2. The summed E-state index contributed by atoms with van der Waals surface area (Å²) in [5, 5.41) is 3.43. The van der Waals surface area contributed by atoms with Crippen LogP contribution in [0.1, 0.15) is 26.3 Å². The van der Waals surface area contributed by atoms with Gasteiger partial charge < -0.3 is 14.8 Å². The maximum Gasteiger partial charge on any atom is 0.188 e. The van der Waals surface area contributed by atoms with E-state index < -0.39 is 0 Å². The second-order valence-electron chi connectivity index (χ2n) is 4.80. The highest BCUT2D eigenvalue weighted by molar-refractivity contribution is 5.28. The predicted molar refractivity (Wildman–Crippen MR) is 65.5 cm³/mol. The van der Waals surface area contributed by atoms with Gasteiger partial charge in [-0.2, -0.15) is 0 Å². The van der Waals surface area contributed by atoms with E-state index in [0.717, 1.165) is 12.3 Å². The molecular weight excluding hydrogens is 202 g/mol. The summed E-state index contributed by atoms with van der Waals surface area (Å²) >= 11 is 0. The summed E-state index contributed by atoms with van der Waals surface area (Å²) in [5.41, 5.74) is 1.34. The highest BCUT2D eigenvalue weighted by Gasteiger charge is 2.08. The molecule has 0 radical (unpaired) electrons. The molecule has 0 amide bonds. The fourth-order valence-electron chi connectivity index (χ4n) is 1.24. The van der Waals surface area contributed by atoms with Crippen molar-refractivity contribution < 1.29 is 9.47 Å². The molecule has 0 saturated carbocycles. The minimum Gasteiger partial charge on any atom is -0.468 e. The quantitative estimate of drug-likeness (QED) is 0.778. The van der Waals surface area contributed by atoms with Crippen molar-refractivity contribution in [3.63, 3.8) is 0 Å². The lowest BCUT2D eigenvalue weighted by Gasteiger charge is -2.20. The van der Waals surface area contributed by atoms with Crippen molar-refractivity contribution in [1.82, 2.24) is 5.32 Å². The summed E-state index contributed by atoms with van der Waals surface area (Å²) < 4.78 is 10.2. The zero-order chi connectivity index (χ0) is 12.0. The van der Waals surface area contributed by atoms with Gasteiger partial charge in [-0.15, -0.1) is 0 Å². The Labute approximate surface area is 97.8 Å². The van der Waals surface area contributed by atoms with Crippen LogP contribution < -0.4 is 10.1 Å². The predicted octanol–water partition coefficient (Wildman–Crippen LogP) is 2.56. The first kappa shape index (κ1) is 13.0. The van der Waals surface area contributed by atoms with Gasteiger partial charge in [-0.1, -0.05) is 12.1 Å². The van der Waals surface area contributed by atoms with Gasteiger partial charge in [0.1, 0.15) is 5.75 Å². The molecule has 1 rings (SSSR count). The van der Waals surface area contributed by atoms with E-state index in [-0.39, 0.29) is 12.3 Å². The highest BCUT2D eigenvalue weighted by Crippen LogP contribution is 2.14. The van der Waals surface area contributed by atoms with Crippen molar-refractivity contribution in [3.05, 3.63) is 29.8 Å². The summed E-state index contributed by atoms with van der Waals surface area (Å²) in [6.45, 7) is 7.58. The third kappa shape index (κ3) is 5.14. The molecule has 1 N–H and O–H groups in total. The minimum absolute atomic E-state index is 0.128. The Balaban J connectivity index is 2.53. The second-order valence-corrected chi connectivity index (χ2v) is 4.80. The van der Waals surface area contributed by atoms with Crippen LogP contribution in [0.2, 0.25) is 0 Å². The molecule has 0 unspecified atom stereocenters. The summed E-state index contributed by atoms with van der Waals surface area (Å²) in [5.74, 6) is 0.843. The van der Waals surface area contributed by atoms with Crippen molar-refractivity contribution in [2.75, 3.05) is 13.9 Å². The Morgan fingerprint density at radius 3 is 2.62 bits per heavy atom.